The maximum Gasteiger partial charge on any atom is 0.406 e. The van der Waals surface area contributed by atoms with Gasteiger partial charge in [-0.25, -0.2) is 4.98 Å². The molecule has 0 aliphatic rings. The van der Waals surface area contributed by atoms with E-state index in [4.69, 9.17) is 4.74 Å². The van der Waals surface area contributed by atoms with E-state index in [-0.39, 0.29) is 6.54 Å². The van der Waals surface area contributed by atoms with Crippen LogP contribution in [0.2, 0.25) is 0 Å². The van der Waals surface area contributed by atoms with E-state index in [1.54, 1.807) is 14.0 Å². The van der Waals surface area contributed by atoms with Crippen LogP contribution >= 0.6 is 11.3 Å². The first-order valence-electron chi connectivity index (χ1n) is 5.85. The first-order chi connectivity index (χ1) is 8.91. The van der Waals surface area contributed by atoms with E-state index < -0.39 is 12.7 Å². The number of nitrogens with one attached hydrogen (secondary N) is 1. The molecule has 0 fully saturated rings. The van der Waals surface area contributed by atoms with Gasteiger partial charge in [0, 0.05) is 25.1 Å². The second kappa shape index (κ2) is 7.06. The fourth-order valence-corrected chi connectivity index (χ4v) is 2.72. The van der Waals surface area contributed by atoms with E-state index in [2.05, 4.69) is 10.3 Å². The Morgan fingerprint density at radius 1 is 1.42 bits per heavy atom. The number of nitrogens with zero attached hydrogens (tertiary/aromatic N) is 2. The minimum absolute atomic E-state index is 0.262. The van der Waals surface area contributed by atoms with Gasteiger partial charge >= 0.3 is 6.18 Å². The van der Waals surface area contributed by atoms with Crippen molar-refractivity contribution in [3.63, 3.8) is 0 Å². The van der Waals surface area contributed by atoms with Crippen LogP contribution in [0.1, 0.15) is 17.5 Å². The third kappa shape index (κ3) is 4.96. The van der Waals surface area contributed by atoms with Crippen LogP contribution in [0.4, 0.5) is 18.3 Å². The summed E-state index contributed by atoms with van der Waals surface area (Å²) in [4.78, 5) is 6.38. The first-order valence-corrected chi connectivity index (χ1v) is 6.66. The van der Waals surface area contributed by atoms with Crippen LogP contribution in [-0.4, -0.2) is 38.4 Å². The molecule has 4 nitrogen and oxygen atoms in total. The summed E-state index contributed by atoms with van der Waals surface area (Å²) < 4.78 is 42.5. The molecule has 0 unspecified atom stereocenters. The number of hydrogen-bond acceptors (Lipinski definition) is 5. The fraction of sp³-hybridized carbons (Fsp3) is 0.727. The molecule has 1 heterocycles. The Morgan fingerprint density at radius 3 is 2.58 bits per heavy atom. The van der Waals surface area contributed by atoms with E-state index in [1.165, 1.54) is 23.3 Å². The van der Waals surface area contributed by atoms with Gasteiger partial charge in [-0.3, -0.25) is 0 Å². The van der Waals surface area contributed by atoms with Crippen LogP contribution in [0.3, 0.4) is 0 Å². The van der Waals surface area contributed by atoms with E-state index in [1.807, 2.05) is 0 Å². The number of hydrogen-bond donors (Lipinski definition) is 1. The average Bonchev–Trinajstić information content (AvgIpc) is 2.69. The molecule has 1 rings (SSSR count). The number of halogens is 3. The van der Waals surface area contributed by atoms with Crippen molar-refractivity contribution in [2.75, 3.05) is 32.1 Å². The number of alkyl halides is 3. The molecule has 0 saturated carbocycles. The lowest BCUT2D eigenvalue weighted by atomic mass is 10.4. The lowest BCUT2D eigenvalue weighted by molar-refractivity contribution is -0.119. The van der Waals surface area contributed by atoms with Crippen LogP contribution in [0.15, 0.2) is 0 Å². The molecule has 0 amide bonds. The Morgan fingerprint density at radius 2 is 2.11 bits per heavy atom. The number of ether oxygens (including phenoxy) is 1. The average molecular weight is 297 g/mol. The number of rotatable bonds is 7. The maximum absolute atomic E-state index is 12.5. The second-order valence-corrected chi connectivity index (χ2v) is 5.02. The molecular formula is C11H18F3N3OS. The van der Waals surface area contributed by atoms with E-state index in [9.17, 15) is 13.2 Å². The van der Waals surface area contributed by atoms with Crippen molar-refractivity contribution in [3.8, 4) is 0 Å². The molecule has 0 atom stereocenters. The zero-order valence-corrected chi connectivity index (χ0v) is 12.0. The molecule has 8 heteroatoms. The summed E-state index contributed by atoms with van der Waals surface area (Å²) in [7, 11) is 3.32. The van der Waals surface area contributed by atoms with Crippen LogP contribution in [0.5, 0.6) is 0 Å². The van der Waals surface area contributed by atoms with Gasteiger partial charge in [-0.15, -0.1) is 11.3 Å². The second-order valence-electron chi connectivity index (χ2n) is 3.96. The summed E-state index contributed by atoms with van der Waals surface area (Å²) >= 11 is 1.27. The highest BCUT2D eigenvalue weighted by Crippen LogP contribution is 2.29. The zero-order chi connectivity index (χ0) is 14.5. The van der Waals surface area contributed by atoms with Crippen molar-refractivity contribution < 1.29 is 17.9 Å². The summed E-state index contributed by atoms with van der Waals surface area (Å²) in [6.07, 6.45) is -4.23. The Bertz CT molecular complexity index is 372. The normalized spacial score (nSPS) is 11.9. The fourth-order valence-electron chi connectivity index (χ4n) is 1.58. The summed E-state index contributed by atoms with van der Waals surface area (Å²) in [6.45, 7) is 1.83. The molecule has 19 heavy (non-hydrogen) atoms. The highest BCUT2D eigenvalue weighted by molar-refractivity contribution is 7.15. The molecule has 0 saturated heterocycles. The zero-order valence-electron chi connectivity index (χ0n) is 11.2. The quantitative estimate of drug-likeness (QED) is 0.838. The predicted octanol–water partition coefficient (Wildman–Crippen LogP) is 2.40. The SMILES string of the molecule is CCN(CC(F)(F)F)c1nc(COC)c(CNC)s1. The Hall–Kier alpha value is -0.860. The Labute approximate surface area is 114 Å². The van der Waals surface area contributed by atoms with Gasteiger partial charge in [0.2, 0.25) is 0 Å². The molecule has 0 aliphatic carbocycles. The van der Waals surface area contributed by atoms with Crippen LogP contribution in [0, 0.1) is 0 Å². The molecule has 110 valence electrons. The monoisotopic (exact) mass is 297 g/mol. The third-order valence-corrected chi connectivity index (χ3v) is 3.57. The van der Waals surface area contributed by atoms with E-state index >= 15 is 0 Å². The van der Waals surface area contributed by atoms with E-state index in [0.717, 1.165) is 4.88 Å². The van der Waals surface area contributed by atoms with Gasteiger partial charge in [0.1, 0.15) is 6.54 Å². The molecule has 0 aromatic carbocycles. The third-order valence-electron chi connectivity index (χ3n) is 2.41. The van der Waals surface area contributed by atoms with Crippen molar-refractivity contribution in [1.29, 1.82) is 0 Å². The Balaban J connectivity index is 2.94. The van der Waals surface area contributed by atoms with Gasteiger partial charge in [-0.05, 0) is 14.0 Å². The summed E-state index contributed by atoms with van der Waals surface area (Å²) in [5, 5.41) is 3.36. The van der Waals surface area contributed by atoms with Gasteiger partial charge in [0.25, 0.3) is 0 Å². The molecule has 0 spiro atoms. The van der Waals surface area contributed by atoms with Crippen LogP contribution < -0.4 is 10.2 Å². The minimum atomic E-state index is -4.23. The van der Waals surface area contributed by atoms with Crippen molar-refractivity contribution >= 4 is 16.5 Å². The number of thiazole rings is 1. The molecule has 1 aromatic rings. The predicted molar refractivity (Wildman–Crippen MR) is 69.5 cm³/mol. The van der Waals surface area contributed by atoms with Crippen molar-refractivity contribution in [1.82, 2.24) is 10.3 Å². The molecule has 0 radical (unpaired) electrons. The van der Waals surface area contributed by atoms with E-state index in [0.29, 0.717) is 24.0 Å². The summed E-state index contributed by atoms with van der Waals surface area (Å²) in [5.41, 5.74) is 0.692. The minimum Gasteiger partial charge on any atom is -0.378 e. The lowest BCUT2D eigenvalue weighted by Gasteiger charge is -2.21. The standard InChI is InChI=1S/C11H18F3N3OS/c1-4-17(7-11(12,13)14)10-16-8(6-18-3)9(19-10)5-15-2/h15H,4-7H2,1-3H3. The van der Waals surface area contributed by atoms with Crippen molar-refractivity contribution in [2.24, 2.45) is 0 Å². The topological polar surface area (TPSA) is 37.4 Å². The number of methoxy groups -OCH3 is 1. The van der Waals surface area contributed by atoms with Crippen LogP contribution in [-0.2, 0) is 17.9 Å². The molecule has 0 bridgehead atoms. The van der Waals surface area contributed by atoms with Gasteiger partial charge in [0.15, 0.2) is 5.13 Å². The van der Waals surface area contributed by atoms with Crippen LogP contribution in [0.25, 0.3) is 0 Å². The summed E-state index contributed by atoms with van der Waals surface area (Å²) in [5.74, 6) is 0. The number of aromatic nitrogens is 1. The maximum atomic E-state index is 12.5. The Kier molecular flexibility index (Phi) is 6.02. The van der Waals surface area contributed by atoms with Gasteiger partial charge in [-0.1, -0.05) is 0 Å². The molecule has 0 aliphatic heterocycles. The first kappa shape index (κ1) is 16.2. The molecule has 1 aromatic heterocycles. The largest absolute Gasteiger partial charge is 0.406 e. The molecular weight excluding hydrogens is 279 g/mol. The highest BCUT2D eigenvalue weighted by atomic mass is 32.1. The van der Waals surface area contributed by atoms with Crippen molar-refractivity contribution in [2.45, 2.75) is 26.3 Å². The van der Waals surface area contributed by atoms with Crippen molar-refractivity contribution in [3.05, 3.63) is 10.6 Å². The molecule has 1 N–H and O–H groups in total. The lowest BCUT2D eigenvalue weighted by Crippen LogP contribution is -2.34. The van der Waals surface area contributed by atoms with Gasteiger partial charge in [0.05, 0.1) is 12.3 Å². The summed E-state index contributed by atoms with van der Waals surface area (Å²) in [6, 6.07) is 0. The number of anilines is 1. The smallest absolute Gasteiger partial charge is 0.378 e. The highest BCUT2D eigenvalue weighted by Gasteiger charge is 2.31. The van der Waals surface area contributed by atoms with Gasteiger partial charge < -0.3 is 15.0 Å². The van der Waals surface area contributed by atoms with Gasteiger partial charge in [-0.2, -0.15) is 13.2 Å².